The highest BCUT2D eigenvalue weighted by atomic mass is 19.1. The minimum atomic E-state index is -1.61. The lowest BCUT2D eigenvalue weighted by molar-refractivity contribution is 0.143. The number of hydrogen-bond acceptors (Lipinski definition) is 6. The summed E-state index contributed by atoms with van der Waals surface area (Å²) in [5.74, 6) is -1.02. The van der Waals surface area contributed by atoms with Gasteiger partial charge in [0.05, 0.1) is 22.8 Å². The molecular formula is C20H19FN4O4. The zero-order valence-corrected chi connectivity index (χ0v) is 15.8. The molecule has 5 rings (SSSR count). The topological polar surface area (TPSA) is 98.8 Å². The fourth-order valence-electron chi connectivity index (χ4n) is 4.79. The second kappa shape index (κ2) is 6.19. The number of halogens is 1. The predicted molar refractivity (Wildman–Crippen MR) is 102 cm³/mol. The summed E-state index contributed by atoms with van der Waals surface area (Å²) in [6, 6.07) is 3.72. The number of benzene rings is 1. The van der Waals surface area contributed by atoms with E-state index in [1.165, 1.54) is 6.20 Å². The second-order valence-corrected chi connectivity index (χ2v) is 8.05. The molecule has 3 heterocycles. The van der Waals surface area contributed by atoms with Crippen molar-refractivity contribution in [2.75, 3.05) is 25.0 Å². The molecule has 9 heteroatoms. The first-order valence-electron chi connectivity index (χ1n) is 9.58. The molecule has 2 atom stereocenters. The van der Waals surface area contributed by atoms with Crippen molar-refractivity contribution in [1.29, 1.82) is 5.26 Å². The van der Waals surface area contributed by atoms with Crippen LogP contribution >= 0.6 is 0 Å². The number of rotatable bonds is 3. The molecule has 0 radical (unpaired) electrons. The minimum absolute atomic E-state index is 0.0285. The van der Waals surface area contributed by atoms with E-state index in [0.717, 1.165) is 31.9 Å². The lowest BCUT2D eigenvalue weighted by atomic mass is 10.0. The maximum absolute atomic E-state index is 15.3. The van der Waals surface area contributed by atoms with Gasteiger partial charge in [0.15, 0.2) is 5.75 Å². The summed E-state index contributed by atoms with van der Waals surface area (Å²) in [5.41, 5.74) is -0.0171. The van der Waals surface area contributed by atoms with Crippen LogP contribution in [-0.4, -0.2) is 52.9 Å². The van der Waals surface area contributed by atoms with Crippen LogP contribution in [0.5, 0.6) is 5.75 Å². The molecule has 1 N–H and O–H groups in total. The molecule has 0 spiro atoms. The molecule has 2 saturated heterocycles. The molecule has 3 fully saturated rings. The molecule has 1 aromatic carbocycles. The van der Waals surface area contributed by atoms with Crippen LogP contribution in [0.15, 0.2) is 17.1 Å². The van der Waals surface area contributed by atoms with Crippen LogP contribution in [0, 0.1) is 17.1 Å². The third-order valence-electron chi connectivity index (χ3n) is 6.26. The number of piperazine rings is 1. The van der Waals surface area contributed by atoms with Gasteiger partial charge in [-0.15, -0.1) is 0 Å². The second-order valence-electron chi connectivity index (χ2n) is 8.05. The summed E-state index contributed by atoms with van der Waals surface area (Å²) in [6.45, 7) is 1.43. The number of carboxylic acid groups (broad SMARTS) is 1. The normalized spacial score (nSPS) is 23.6. The number of nitrogens with zero attached hydrogens (tertiary/aromatic N) is 4. The molecule has 2 aliphatic heterocycles. The molecule has 1 aliphatic carbocycles. The van der Waals surface area contributed by atoms with Gasteiger partial charge in [-0.2, -0.15) is 5.26 Å². The van der Waals surface area contributed by atoms with E-state index in [2.05, 4.69) is 15.7 Å². The maximum atomic E-state index is 15.3. The van der Waals surface area contributed by atoms with Gasteiger partial charge in [-0.1, -0.05) is 0 Å². The lowest BCUT2D eigenvalue weighted by Gasteiger charge is -2.34. The Morgan fingerprint density at radius 2 is 2.07 bits per heavy atom. The highest BCUT2D eigenvalue weighted by Crippen LogP contribution is 2.43. The molecule has 2 unspecified atom stereocenters. The highest BCUT2D eigenvalue weighted by molar-refractivity contribution is 5.92. The number of nitriles is 1. The van der Waals surface area contributed by atoms with Gasteiger partial charge in [0.25, 0.3) is 0 Å². The summed E-state index contributed by atoms with van der Waals surface area (Å²) in [4.78, 5) is 27.9. The van der Waals surface area contributed by atoms with Gasteiger partial charge in [0.1, 0.15) is 17.4 Å². The van der Waals surface area contributed by atoms with Gasteiger partial charge >= 0.3 is 6.16 Å². The van der Waals surface area contributed by atoms with Crippen LogP contribution in [0.3, 0.4) is 0 Å². The number of ether oxygens (including phenoxy) is 1. The quantitative estimate of drug-likeness (QED) is 0.792. The van der Waals surface area contributed by atoms with Crippen LogP contribution in [-0.2, 0) is 0 Å². The van der Waals surface area contributed by atoms with Crippen LogP contribution < -0.4 is 15.1 Å². The van der Waals surface area contributed by atoms with Gasteiger partial charge in [-0.05, 0) is 32.4 Å². The average Bonchev–Trinajstić information content (AvgIpc) is 3.35. The number of likely N-dealkylation sites (tertiary alicyclic amines) is 1. The van der Waals surface area contributed by atoms with Crippen molar-refractivity contribution in [3.8, 4) is 11.8 Å². The Bertz CT molecular complexity index is 1150. The molecule has 2 bridgehead atoms. The van der Waals surface area contributed by atoms with Gasteiger partial charge in [-0.3, -0.25) is 9.69 Å². The third-order valence-corrected chi connectivity index (χ3v) is 6.26. The van der Waals surface area contributed by atoms with Gasteiger partial charge in [-0.25, -0.2) is 9.18 Å². The van der Waals surface area contributed by atoms with E-state index in [4.69, 9.17) is 5.11 Å². The van der Waals surface area contributed by atoms with Crippen molar-refractivity contribution >= 4 is 22.7 Å². The summed E-state index contributed by atoms with van der Waals surface area (Å²) in [5, 5.41) is 18.9. The summed E-state index contributed by atoms with van der Waals surface area (Å²) < 4.78 is 21.6. The molecule has 1 aromatic heterocycles. The first-order valence-corrected chi connectivity index (χ1v) is 9.58. The number of likely N-dealkylation sites (N-methyl/N-ethyl adjacent to an activating group) is 1. The first-order chi connectivity index (χ1) is 13.9. The summed E-state index contributed by atoms with van der Waals surface area (Å²) in [6.07, 6.45) is 2.31. The number of anilines is 1. The molecule has 29 heavy (non-hydrogen) atoms. The van der Waals surface area contributed by atoms with E-state index in [1.54, 1.807) is 4.57 Å². The monoisotopic (exact) mass is 398 g/mol. The fourth-order valence-corrected chi connectivity index (χ4v) is 4.79. The first kappa shape index (κ1) is 17.9. The average molecular weight is 398 g/mol. The lowest BCUT2D eigenvalue weighted by Crippen LogP contribution is -2.45. The van der Waals surface area contributed by atoms with Gasteiger partial charge < -0.3 is 19.3 Å². The highest BCUT2D eigenvalue weighted by Gasteiger charge is 2.43. The molecule has 0 amide bonds. The minimum Gasteiger partial charge on any atom is -0.449 e. The molecule has 8 nitrogen and oxygen atoms in total. The van der Waals surface area contributed by atoms with Crippen molar-refractivity contribution in [2.24, 2.45) is 0 Å². The molecule has 3 aliphatic rings. The van der Waals surface area contributed by atoms with E-state index >= 15 is 4.39 Å². The van der Waals surface area contributed by atoms with Crippen molar-refractivity contribution in [3.63, 3.8) is 0 Å². The van der Waals surface area contributed by atoms with Crippen molar-refractivity contribution in [2.45, 2.75) is 37.4 Å². The van der Waals surface area contributed by atoms with E-state index in [9.17, 15) is 14.9 Å². The Balaban J connectivity index is 1.76. The van der Waals surface area contributed by atoms with Crippen LogP contribution in [0.25, 0.3) is 10.9 Å². The number of hydrogen-bond donors (Lipinski definition) is 1. The standard InChI is InChI=1S/C20H19FN4O4/c1-23-7-12-4-11(23)8-24(12)18-14(6-22)17-13(5-15(18)21)19(26)16(29-20(27)28)9-25(17)10-2-3-10/h5,9-12H,2-4,7-8H2,1H3,(H,27,28). The van der Waals surface area contributed by atoms with Crippen LogP contribution in [0.1, 0.15) is 30.9 Å². The number of aromatic nitrogens is 1. The predicted octanol–water partition coefficient (Wildman–Crippen LogP) is 2.30. The summed E-state index contributed by atoms with van der Waals surface area (Å²) in [7, 11) is 2.04. The van der Waals surface area contributed by atoms with E-state index < -0.39 is 17.4 Å². The number of fused-ring (bicyclic) bond motifs is 3. The molecule has 2 aromatic rings. The number of pyridine rings is 1. The maximum Gasteiger partial charge on any atom is 0.511 e. The zero-order chi connectivity index (χ0) is 20.4. The number of carbonyl (C=O) groups is 1. The molecule has 1 saturated carbocycles. The van der Waals surface area contributed by atoms with Crippen LogP contribution in [0.4, 0.5) is 14.9 Å². The van der Waals surface area contributed by atoms with E-state index in [-0.39, 0.29) is 34.5 Å². The fraction of sp³-hybridized carbons (Fsp3) is 0.450. The Morgan fingerprint density at radius 1 is 1.31 bits per heavy atom. The molecular weight excluding hydrogens is 379 g/mol. The van der Waals surface area contributed by atoms with Crippen molar-refractivity contribution in [3.05, 3.63) is 33.9 Å². The summed E-state index contributed by atoms with van der Waals surface area (Å²) >= 11 is 0. The Hall–Kier alpha value is -3.12. The smallest absolute Gasteiger partial charge is 0.449 e. The van der Waals surface area contributed by atoms with Crippen molar-refractivity contribution in [1.82, 2.24) is 9.47 Å². The molecule has 150 valence electrons. The third kappa shape index (κ3) is 2.67. The van der Waals surface area contributed by atoms with Gasteiger partial charge in [0, 0.05) is 31.2 Å². The Morgan fingerprint density at radius 3 is 2.62 bits per heavy atom. The Kier molecular flexibility index (Phi) is 3.83. The Labute approximate surface area is 165 Å². The van der Waals surface area contributed by atoms with Crippen LogP contribution in [0.2, 0.25) is 0 Å². The van der Waals surface area contributed by atoms with E-state index in [1.807, 2.05) is 11.9 Å². The van der Waals surface area contributed by atoms with Crippen molar-refractivity contribution < 1.29 is 19.0 Å². The van der Waals surface area contributed by atoms with E-state index in [0.29, 0.717) is 18.1 Å². The largest absolute Gasteiger partial charge is 0.511 e. The van der Waals surface area contributed by atoms with Gasteiger partial charge in [0.2, 0.25) is 5.43 Å². The zero-order valence-electron chi connectivity index (χ0n) is 15.8. The SMILES string of the molecule is CN1CC2CC1CN2c1c(F)cc2c(=O)c(OC(=O)O)cn(C3CC3)c2c1C#N.